The molecule has 1 unspecified atom stereocenters. The molecule has 0 bridgehead atoms. The van der Waals surface area contributed by atoms with Crippen LogP contribution in [0.1, 0.15) is 18.7 Å². The number of halogens is 1. The minimum Gasteiger partial charge on any atom is -0.493 e. The Bertz CT molecular complexity index is 627. The topological polar surface area (TPSA) is 69.4 Å². The molecule has 1 atom stereocenters. The predicted molar refractivity (Wildman–Crippen MR) is 89.4 cm³/mol. The molecule has 2 aromatic rings. The Morgan fingerprint density at radius 1 is 1.26 bits per heavy atom. The van der Waals surface area contributed by atoms with E-state index in [1.54, 1.807) is 14.2 Å². The lowest BCUT2D eigenvalue weighted by Crippen LogP contribution is -2.09. The highest BCUT2D eigenvalue weighted by Gasteiger charge is 2.17. The Hall–Kier alpha value is -1.79. The zero-order valence-corrected chi connectivity index (χ0v) is 14.2. The molecule has 0 saturated carbocycles. The van der Waals surface area contributed by atoms with Crippen LogP contribution in [-0.4, -0.2) is 37.4 Å². The monoisotopic (exact) mass is 339 g/mol. The van der Waals surface area contributed by atoms with Gasteiger partial charge in [0.05, 0.1) is 14.2 Å². The molecule has 0 aliphatic carbocycles. The van der Waals surface area contributed by atoms with Gasteiger partial charge in [-0.15, -0.1) is 12.4 Å². The Morgan fingerprint density at radius 3 is 2.78 bits per heavy atom. The number of rotatable bonds is 6. The Morgan fingerprint density at radius 2 is 2.09 bits per heavy atom. The molecule has 1 aliphatic rings. The van der Waals surface area contributed by atoms with E-state index in [-0.39, 0.29) is 12.4 Å². The maximum atomic E-state index is 5.36. The zero-order valence-electron chi connectivity index (χ0n) is 13.4. The summed E-state index contributed by atoms with van der Waals surface area (Å²) in [6.07, 6.45) is 3.14. The second kappa shape index (κ2) is 8.17. The molecule has 6 nitrogen and oxygen atoms in total. The van der Waals surface area contributed by atoms with Gasteiger partial charge in [0.25, 0.3) is 0 Å². The van der Waals surface area contributed by atoms with Crippen molar-refractivity contribution in [2.45, 2.75) is 19.3 Å². The highest BCUT2D eigenvalue weighted by atomic mass is 35.5. The number of aromatic nitrogens is 2. The van der Waals surface area contributed by atoms with Crippen LogP contribution in [0.3, 0.4) is 0 Å². The van der Waals surface area contributed by atoms with Gasteiger partial charge >= 0.3 is 0 Å². The molecule has 7 heteroatoms. The molecule has 0 amide bonds. The second-order valence-electron chi connectivity index (χ2n) is 5.48. The summed E-state index contributed by atoms with van der Waals surface area (Å²) in [5.74, 6) is 3.33. The number of hydrogen-bond donors (Lipinski definition) is 1. The minimum atomic E-state index is 0. The summed E-state index contributed by atoms with van der Waals surface area (Å²) in [7, 11) is 3.22. The third kappa shape index (κ3) is 4.14. The molecule has 0 radical (unpaired) electrons. The third-order valence-electron chi connectivity index (χ3n) is 4.04. The molecule has 1 fully saturated rings. The number of methoxy groups -OCH3 is 2. The summed E-state index contributed by atoms with van der Waals surface area (Å²) in [5, 5.41) is 7.44. The van der Waals surface area contributed by atoms with Gasteiger partial charge in [-0.2, -0.15) is 4.98 Å². The van der Waals surface area contributed by atoms with Crippen LogP contribution in [0.4, 0.5) is 0 Å². The van der Waals surface area contributed by atoms with Crippen LogP contribution >= 0.6 is 12.4 Å². The average Bonchev–Trinajstić information content (AvgIpc) is 3.23. The second-order valence-corrected chi connectivity index (χ2v) is 5.48. The van der Waals surface area contributed by atoms with Crippen LogP contribution in [0, 0.1) is 5.92 Å². The first-order chi connectivity index (χ1) is 10.8. The van der Waals surface area contributed by atoms with Crippen molar-refractivity contribution < 1.29 is 14.0 Å². The number of hydrogen-bond acceptors (Lipinski definition) is 6. The quantitative estimate of drug-likeness (QED) is 0.872. The van der Waals surface area contributed by atoms with E-state index >= 15 is 0 Å². The molecule has 1 aromatic heterocycles. The lowest BCUT2D eigenvalue weighted by molar-refractivity contribution is 0.355. The summed E-state index contributed by atoms with van der Waals surface area (Å²) < 4.78 is 15.9. The molecule has 126 valence electrons. The lowest BCUT2D eigenvalue weighted by atomic mass is 10.0. The number of aryl methyl sites for hydroxylation is 1. The largest absolute Gasteiger partial charge is 0.493 e. The van der Waals surface area contributed by atoms with Gasteiger partial charge in [0.2, 0.25) is 11.7 Å². The molecule has 1 aromatic carbocycles. The first-order valence-electron chi connectivity index (χ1n) is 7.56. The predicted octanol–water partition coefficient (Wildman–Crippen LogP) is 2.72. The maximum absolute atomic E-state index is 5.36. The fourth-order valence-electron chi connectivity index (χ4n) is 2.74. The van der Waals surface area contributed by atoms with Crippen molar-refractivity contribution >= 4 is 12.4 Å². The van der Waals surface area contributed by atoms with Gasteiger partial charge in [-0.25, -0.2) is 0 Å². The van der Waals surface area contributed by atoms with Crippen molar-refractivity contribution in [1.82, 2.24) is 15.5 Å². The van der Waals surface area contributed by atoms with E-state index in [0.29, 0.717) is 23.2 Å². The van der Waals surface area contributed by atoms with Crippen LogP contribution < -0.4 is 14.8 Å². The van der Waals surface area contributed by atoms with Crippen LogP contribution in [0.2, 0.25) is 0 Å². The Labute approximate surface area is 142 Å². The average molecular weight is 340 g/mol. The molecule has 1 saturated heterocycles. The molecule has 3 rings (SSSR count). The van der Waals surface area contributed by atoms with Gasteiger partial charge in [0, 0.05) is 12.0 Å². The van der Waals surface area contributed by atoms with E-state index in [1.165, 1.54) is 6.42 Å². The molecular formula is C16H22ClN3O3. The molecule has 0 spiro atoms. The Balaban J connectivity index is 0.00000192. The molecule has 2 heterocycles. The van der Waals surface area contributed by atoms with Crippen molar-refractivity contribution in [3.05, 3.63) is 24.1 Å². The highest BCUT2D eigenvalue weighted by molar-refractivity contribution is 5.85. The lowest BCUT2D eigenvalue weighted by Gasteiger charge is -2.07. The molecule has 1 N–H and O–H groups in total. The van der Waals surface area contributed by atoms with E-state index in [0.717, 1.165) is 37.4 Å². The van der Waals surface area contributed by atoms with Crippen LogP contribution in [0.15, 0.2) is 22.7 Å². The van der Waals surface area contributed by atoms with Gasteiger partial charge in [-0.3, -0.25) is 0 Å². The standard InChI is InChI=1S/C16H21N3O3.ClH/c1-20-13-5-4-12(9-14(13)21-2)16-18-15(22-19-16)6-3-11-7-8-17-10-11;/h4-5,9,11,17H,3,6-8,10H2,1-2H3;1H. The Kier molecular flexibility index (Phi) is 6.24. The van der Waals surface area contributed by atoms with Gasteiger partial charge < -0.3 is 19.3 Å². The van der Waals surface area contributed by atoms with Gasteiger partial charge in [-0.1, -0.05) is 5.16 Å². The molecular weight excluding hydrogens is 318 g/mol. The summed E-state index contributed by atoms with van der Waals surface area (Å²) in [5.41, 5.74) is 0.857. The van der Waals surface area contributed by atoms with Crippen molar-refractivity contribution in [2.24, 2.45) is 5.92 Å². The summed E-state index contributed by atoms with van der Waals surface area (Å²) in [6.45, 7) is 2.21. The summed E-state index contributed by atoms with van der Waals surface area (Å²) >= 11 is 0. The van der Waals surface area contributed by atoms with E-state index in [2.05, 4.69) is 15.5 Å². The first kappa shape index (κ1) is 17.6. The molecule has 1 aliphatic heterocycles. The van der Waals surface area contributed by atoms with Crippen LogP contribution in [0.25, 0.3) is 11.4 Å². The van der Waals surface area contributed by atoms with Gasteiger partial charge in [-0.05, 0) is 50.0 Å². The number of nitrogens with one attached hydrogen (secondary N) is 1. The van der Waals surface area contributed by atoms with Crippen molar-refractivity contribution in [3.63, 3.8) is 0 Å². The highest BCUT2D eigenvalue weighted by Crippen LogP contribution is 2.31. The smallest absolute Gasteiger partial charge is 0.226 e. The third-order valence-corrected chi connectivity index (χ3v) is 4.04. The van der Waals surface area contributed by atoms with Crippen molar-refractivity contribution in [1.29, 1.82) is 0 Å². The normalized spacial score (nSPS) is 16.9. The van der Waals surface area contributed by atoms with Crippen molar-refractivity contribution in [2.75, 3.05) is 27.3 Å². The molecule has 23 heavy (non-hydrogen) atoms. The summed E-state index contributed by atoms with van der Waals surface area (Å²) in [4.78, 5) is 4.48. The fraction of sp³-hybridized carbons (Fsp3) is 0.500. The van der Waals surface area contributed by atoms with Gasteiger partial charge in [0.1, 0.15) is 0 Å². The van der Waals surface area contributed by atoms with E-state index in [1.807, 2.05) is 18.2 Å². The van der Waals surface area contributed by atoms with Crippen LogP contribution in [-0.2, 0) is 6.42 Å². The number of benzene rings is 1. The first-order valence-corrected chi connectivity index (χ1v) is 7.56. The van der Waals surface area contributed by atoms with E-state index in [9.17, 15) is 0 Å². The van der Waals surface area contributed by atoms with E-state index in [4.69, 9.17) is 14.0 Å². The maximum Gasteiger partial charge on any atom is 0.226 e. The summed E-state index contributed by atoms with van der Waals surface area (Å²) in [6, 6.07) is 5.60. The minimum absolute atomic E-state index is 0. The number of nitrogens with zero attached hydrogens (tertiary/aromatic N) is 2. The van der Waals surface area contributed by atoms with E-state index < -0.39 is 0 Å². The van der Waals surface area contributed by atoms with Crippen molar-refractivity contribution in [3.8, 4) is 22.9 Å². The van der Waals surface area contributed by atoms with Gasteiger partial charge in [0.15, 0.2) is 11.5 Å². The fourth-order valence-corrected chi connectivity index (χ4v) is 2.74. The van der Waals surface area contributed by atoms with Crippen LogP contribution in [0.5, 0.6) is 11.5 Å². The SMILES string of the molecule is COc1ccc(-c2noc(CCC3CCNC3)n2)cc1OC.Cl. The zero-order chi connectivity index (χ0) is 15.4. The number of ether oxygens (including phenoxy) is 2.